The second-order valence-electron chi connectivity index (χ2n) is 3.62. The van der Waals surface area contributed by atoms with E-state index in [-0.39, 0.29) is 6.61 Å². The van der Waals surface area contributed by atoms with Gasteiger partial charge in [-0.15, -0.1) is 0 Å². The molecule has 18 heavy (non-hydrogen) atoms. The zero-order valence-electron chi connectivity index (χ0n) is 10.1. The summed E-state index contributed by atoms with van der Waals surface area (Å²) in [6.07, 6.45) is 1.18. The van der Waals surface area contributed by atoms with Gasteiger partial charge in [0.05, 0.1) is 0 Å². The minimum absolute atomic E-state index is 0.164. The molecule has 0 saturated heterocycles. The van der Waals surface area contributed by atoms with Crippen molar-refractivity contribution in [3.8, 4) is 0 Å². The third-order valence-corrected chi connectivity index (χ3v) is 2.85. The average molecular weight is 268 g/mol. The van der Waals surface area contributed by atoms with Crippen molar-refractivity contribution in [2.45, 2.75) is 12.6 Å². The van der Waals surface area contributed by atoms with Gasteiger partial charge in [0.15, 0.2) is 0 Å². The summed E-state index contributed by atoms with van der Waals surface area (Å²) in [5.41, 5.74) is 6.04. The van der Waals surface area contributed by atoms with Gasteiger partial charge in [0.25, 0.3) is 0 Å². The lowest BCUT2D eigenvalue weighted by molar-refractivity contribution is -0.119. The second kappa shape index (κ2) is 7.60. The van der Waals surface area contributed by atoms with Gasteiger partial charge in [-0.3, -0.25) is 4.79 Å². The van der Waals surface area contributed by atoms with E-state index in [1.165, 1.54) is 11.8 Å². The first-order chi connectivity index (χ1) is 8.63. The zero-order valence-corrected chi connectivity index (χ0v) is 10.9. The van der Waals surface area contributed by atoms with Crippen LogP contribution in [-0.4, -0.2) is 30.1 Å². The third kappa shape index (κ3) is 5.09. The van der Waals surface area contributed by atoms with Crippen LogP contribution in [0.2, 0.25) is 0 Å². The fourth-order valence-electron chi connectivity index (χ4n) is 1.27. The van der Waals surface area contributed by atoms with Crippen LogP contribution >= 0.6 is 11.8 Å². The van der Waals surface area contributed by atoms with Crippen molar-refractivity contribution in [3.05, 3.63) is 35.9 Å². The molecule has 0 saturated carbocycles. The Kier molecular flexibility index (Phi) is 6.07. The summed E-state index contributed by atoms with van der Waals surface area (Å²) in [4.78, 5) is 22.5. The first kappa shape index (κ1) is 14.4. The van der Waals surface area contributed by atoms with Crippen molar-refractivity contribution in [1.82, 2.24) is 5.32 Å². The number of carbonyl (C=O) groups excluding carboxylic acids is 2. The molecule has 0 aromatic heterocycles. The molecule has 0 radical (unpaired) electrons. The van der Waals surface area contributed by atoms with Crippen LogP contribution < -0.4 is 11.1 Å². The van der Waals surface area contributed by atoms with Crippen molar-refractivity contribution in [2.24, 2.45) is 5.73 Å². The quantitative estimate of drug-likeness (QED) is 0.810. The van der Waals surface area contributed by atoms with Crippen LogP contribution in [0.4, 0.5) is 4.79 Å². The Morgan fingerprint density at radius 1 is 1.39 bits per heavy atom. The molecule has 0 bridgehead atoms. The summed E-state index contributed by atoms with van der Waals surface area (Å²) in [7, 11) is 0. The number of primary amides is 1. The van der Waals surface area contributed by atoms with E-state index in [1.54, 1.807) is 0 Å². The molecule has 0 spiro atoms. The Bertz CT molecular complexity index is 398. The van der Waals surface area contributed by atoms with Gasteiger partial charge in [-0.25, -0.2) is 4.79 Å². The minimum Gasteiger partial charge on any atom is -0.445 e. The predicted molar refractivity (Wildman–Crippen MR) is 71.1 cm³/mol. The number of rotatable bonds is 6. The van der Waals surface area contributed by atoms with E-state index in [2.05, 4.69) is 5.32 Å². The summed E-state index contributed by atoms with van der Waals surface area (Å²) < 4.78 is 4.99. The molecule has 2 amide bonds. The van der Waals surface area contributed by atoms with Gasteiger partial charge < -0.3 is 15.8 Å². The number of benzene rings is 1. The summed E-state index contributed by atoms with van der Waals surface area (Å²) in [5, 5.41) is 2.43. The van der Waals surface area contributed by atoms with Crippen molar-refractivity contribution in [3.63, 3.8) is 0 Å². The van der Waals surface area contributed by atoms with Gasteiger partial charge in [-0.2, -0.15) is 11.8 Å². The molecule has 98 valence electrons. The van der Waals surface area contributed by atoms with Crippen LogP contribution in [0, 0.1) is 0 Å². The van der Waals surface area contributed by atoms with Gasteiger partial charge in [-0.1, -0.05) is 30.3 Å². The van der Waals surface area contributed by atoms with E-state index in [9.17, 15) is 9.59 Å². The number of thioether (sulfide) groups is 1. The Balaban J connectivity index is 2.39. The summed E-state index contributed by atoms with van der Waals surface area (Å²) >= 11 is 1.42. The lowest BCUT2D eigenvalue weighted by Crippen LogP contribution is -2.46. The maximum atomic E-state index is 11.5. The van der Waals surface area contributed by atoms with Gasteiger partial charge in [0.1, 0.15) is 12.6 Å². The van der Waals surface area contributed by atoms with Crippen molar-refractivity contribution in [2.75, 3.05) is 12.0 Å². The number of nitrogens with two attached hydrogens (primary N) is 1. The first-order valence-electron chi connectivity index (χ1n) is 5.39. The first-order valence-corrected chi connectivity index (χ1v) is 6.78. The lowest BCUT2D eigenvalue weighted by atomic mass is 10.2. The molecule has 1 aromatic rings. The third-order valence-electron chi connectivity index (χ3n) is 2.18. The molecule has 0 aliphatic carbocycles. The fraction of sp³-hybridized carbons (Fsp3) is 0.333. The molecule has 6 heteroatoms. The molecule has 1 atom stereocenters. The van der Waals surface area contributed by atoms with E-state index in [4.69, 9.17) is 10.5 Å². The molecule has 5 nitrogen and oxygen atoms in total. The molecule has 0 unspecified atom stereocenters. The Morgan fingerprint density at radius 2 is 2.06 bits per heavy atom. The van der Waals surface area contributed by atoms with Gasteiger partial charge >= 0.3 is 6.09 Å². The molecule has 3 N–H and O–H groups in total. The SMILES string of the molecule is CSC[C@H](NC(=O)OCc1ccccc1)C(N)=O. The van der Waals surface area contributed by atoms with E-state index in [1.807, 2.05) is 36.6 Å². The number of nitrogens with one attached hydrogen (secondary N) is 1. The Morgan fingerprint density at radius 3 is 2.61 bits per heavy atom. The van der Waals surface area contributed by atoms with Crippen LogP contribution in [0.1, 0.15) is 5.56 Å². The highest BCUT2D eigenvalue weighted by Crippen LogP contribution is 2.02. The average Bonchev–Trinajstić information content (AvgIpc) is 2.37. The number of hydrogen-bond donors (Lipinski definition) is 2. The summed E-state index contributed by atoms with van der Waals surface area (Å²) in [6.45, 7) is 0.164. The second-order valence-corrected chi connectivity index (χ2v) is 4.53. The molecule has 0 aliphatic heterocycles. The molecular weight excluding hydrogens is 252 g/mol. The van der Waals surface area contributed by atoms with Crippen LogP contribution in [0.25, 0.3) is 0 Å². The highest BCUT2D eigenvalue weighted by molar-refractivity contribution is 7.98. The van der Waals surface area contributed by atoms with E-state index in [0.717, 1.165) is 5.56 Å². The minimum atomic E-state index is -0.705. The summed E-state index contributed by atoms with van der Waals surface area (Å²) in [5.74, 6) is -0.142. The number of alkyl carbamates (subject to hydrolysis) is 1. The van der Waals surface area contributed by atoms with Crippen molar-refractivity contribution < 1.29 is 14.3 Å². The smallest absolute Gasteiger partial charge is 0.408 e. The molecule has 1 aromatic carbocycles. The number of hydrogen-bond acceptors (Lipinski definition) is 4. The summed E-state index contributed by atoms with van der Waals surface area (Å²) in [6, 6.07) is 8.59. The van der Waals surface area contributed by atoms with Crippen LogP contribution in [0.15, 0.2) is 30.3 Å². The molecule has 0 aliphatic rings. The molecule has 0 fully saturated rings. The Labute approximate surface area is 110 Å². The van der Waals surface area contributed by atoms with E-state index in [0.29, 0.717) is 5.75 Å². The van der Waals surface area contributed by atoms with E-state index < -0.39 is 18.0 Å². The lowest BCUT2D eigenvalue weighted by Gasteiger charge is -2.14. The number of carbonyl (C=O) groups is 2. The fourth-order valence-corrected chi connectivity index (χ4v) is 1.85. The molecule has 0 heterocycles. The largest absolute Gasteiger partial charge is 0.445 e. The number of ether oxygens (including phenoxy) is 1. The topological polar surface area (TPSA) is 81.4 Å². The van der Waals surface area contributed by atoms with Gasteiger partial charge in [0, 0.05) is 5.75 Å². The van der Waals surface area contributed by atoms with Crippen LogP contribution in [-0.2, 0) is 16.1 Å². The highest BCUT2D eigenvalue weighted by Gasteiger charge is 2.17. The van der Waals surface area contributed by atoms with Gasteiger partial charge in [-0.05, 0) is 11.8 Å². The maximum absolute atomic E-state index is 11.5. The van der Waals surface area contributed by atoms with E-state index >= 15 is 0 Å². The Hall–Kier alpha value is -1.69. The van der Waals surface area contributed by atoms with Crippen LogP contribution in [0.3, 0.4) is 0 Å². The van der Waals surface area contributed by atoms with Crippen LogP contribution in [0.5, 0.6) is 0 Å². The normalized spacial score (nSPS) is 11.6. The van der Waals surface area contributed by atoms with Gasteiger partial charge in [0.2, 0.25) is 5.91 Å². The highest BCUT2D eigenvalue weighted by atomic mass is 32.2. The standard InChI is InChI=1S/C12H16N2O3S/c1-18-8-10(11(13)15)14-12(16)17-7-9-5-3-2-4-6-9/h2-6,10H,7-8H2,1H3,(H2,13,15)(H,14,16)/t10-/m0/s1. The molecular formula is C12H16N2O3S. The monoisotopic (exact) mass is 268 g/mol. The molecule has 1 rings (SSSR count). The zero-order chi connectivity index (χ0) is 13.4. The maximum Gasteiger partial charge on any atom is 0.408 e. The van der Waals surface area contributed by atoms with Crippen molar-refractivity contribution >= 4 is 23.8 Å². The predicted octanol–water partition coefficient (Wildman–Crippen LogP) is 1.13. The number of amides is 2. The van der Waals surface area contributed by atoms with Crippen molar-refractivity contribution in [1.29, 1.82) is 0 Å².